The molecule has 0 atom stereocenters. The normalized spacial score (nSPS) is 11.8. The number of rotatable bonds is 4. The molecule has 0 spiro atoms. The molecule has 1 N–H and O–H groups in total. The number of fused-ring (bicyclic) bond motifs is 1. The topological polar surface area (TPSA) is 84.6 Å². The minimum atomic E-state index is -3.16. The molecule has 0 aliphatic carbocycles. The summed E-state index contributed by atoms with van der Waals surface area (Å²) in [4.78, 5) is 10.8. The standard InChI is InChI=1S/C12H12O5S/c1-2-18(15,16)7-10-5-8-3-4-9(12(13)14)6-11(8)17-10/h3-6H,2,7H2,1H3,(H,13,14). The Balaban J connectivity index is 2.42. The van der Waals surface area contributed by atoms with E-state index < -0.39 is 15.8 Å². The van der Waals surface area contributed by atoms with Crippen LogP contribution in [0.2, 0.25) is 0 Å². The lowest BCUT2D eigenvalue weighted by Crippen LogP contribution is -2.05. The highest BCUT2D eigenvalue weighted by Gasteiger charge is 2.14. The molecular formula is C12H12O5S. The summed E-state index contributed by atoms with van der Waals surface area (Å²) in [6.07, 6.45) is 0. The molecule has 5 nitrogen and oxygen atoms in total. The highest BCUT2D eigenvalue weighted by atomic mass is 32.2. The van der Waals surface area contributed by atoms with Crippen molar-refractivity contribution in [1.29, 1.82) is 0 Å². The van der Waals surface area contributed by atoms with Crippen molar-refractivity contribution in [2.45, 2.75) is 12.7 Å². The largest absolute Gasteiger partial charge is 0.478 e. The Morgan fingerprint density at radius 2 is 2.06 bits per heavy atom. The summed E-state index contributed by atoms with van der Waals surface area (Å²) >= 11 is 0. The molecule has 2 rings (SSSR count). The van der Waals surface area contributed by atoms with Gasteiger partial charge in [0.25, 0.3) is 0 Å². The average molecular weight is 268 g/mol. The van der Waals surface area contributed by atoms with Gasteiger partial charge in [-0.25, -0.2) is 13.2 Å². The maximum Gasteiger partial charge on any atom is 0.335 e. The molecule has 0 aliphatic rings. The SMILES string of the molecule is CCS(=O)(=O)Cc1cc2ccc(C(=O)O)cc2o1. The molecule has 0 radical (unpaired) electrons. The molecule has 18 heavy (non-hydrogen) atoms. The Kier molecular flexibility index (Phi) is 3.13. The zero-order valence-electron chi connectivity index (χ0n) is 9.71. The van der Waals surface area contributed by atoms with Crippen LogP contribution in [0, 0.1) is 0 Å². The summed E-state index contributed by atoms with van der Waals surface area (Å²) in [6, 6.07) is 6.07. The van der Waals surface area contributed by atoms with E-state index in [4.69, 9.17) is 9.52 Å². The van der Waals surface area contributed by atoms with Crippen LogP contribution in [0.1, 0.15) is 23.0 Å². The highest BCUT2D eigenvalue weighted by molar-refractivity contribution is 7.90. The summed E-state index contributed by atoms with van der Waals surface area (Å²) in [7, 11) is -3.16. The monoisotopic (exact) mass is 268 g/mol. The molecule has 6 heteroatoms. The van der Waals surface area contributed by atoms with Gasteiger partial charge in [0.2, 0.25) is 0 Å². The second-order valence-corrected chi connectivity index (χ2v) is 6.30. The third-order valence-corrected chi connectivity index (χ3v) is 4.22. The lowest BCUT2D eigenvalue weighted by Gasteiger charge is -1.96. The van der Waals surface area contributed by atoms with Crippen LogP contribution in [0.15, 0.2) is 28.7 Å². The maximum atomic E-state index is 11.5. The molecule has 1 aromatic carbocycles. The van der Waals surface area contributed by atoms with E-state index in [0.717, 1.165) is 0 Å². The van der Waals surface area contributed by atoms with E-state index in [1.54, 1.807) is 19.1 Å². The number of carboxylic acid groups (broad SMARTS) is 1. The van der Waals surface area contributed by atoms with Gasteiger partial charge in [0, 0.05) is 11.1 Å². The van der Waals surface area contributed by atoms with E-state index in [1.807, 2.05) is 0 Å². The number of carboxylic acids is 1. The van der Waals surface area contributed by atoms with Gasteiger partial charge in [0.05, 0.1) is 5.56 Å². The third kappa shape index (κ3) is 2.53. The van der Waals surface area contributed by atoms with Gasteiger partial charge in [-0.1, -0.05) is 13.0 Å². The van der Waals surface area contributed by atoms with Crippen LogP contribution in [-0.4, -0.2) is 25.2 Å². The number of benzene rings is 1. The first-order chi connectivity index (χ1) is 8.41. The summed E-state index contributed by atoms with van der Waals surface area (Å²) < 4.78 is 28.3. The lowest BCUT2D eigenvalue weighted by atomic mass is 10.2. The molecule has 1 aromatic heterocycles. The molecule has 0 saturated heterocycles. The van der Waals surface area contributed by atoms with Gasteiger partial charge in [-0.2, -0.15) is 0 Å². The zero-order chi connectivity index (χ0) is 13.3. The number of sulfone groups is 1. The van der Waals surface area contributed by atoms with Crippen molar-refractivity contribution >= 4 is 26.8 Å². The molecule has 0 unspecified atom stereocenters. The van der Waals surface area contributed by atoms with Gasteiger partial charge in [0.15, 0.2) is 9.84 Å². The molecule has 0 saturated carbocycles. The fourth-order valence-corrected chi connectivity index (χ4v) is 2.39. The molecule has 0 bridgehead atoms. The summed E-state index contributed by atoms with van der Waals surface area (Å²) in [5, 5.41) is 9.53. The average Bonchev–Trinajstić information content (AvgIpc) is 2.68. The molecule has 2 aromatic rings. The predicted molar refractivity (Wildman–Crippen MR) is 66.3 cm³/mol. The van der Waals surface area contributed by atoms with Crippen molar-refractivity contribution < 1.29 is 22.7 Å². The Labute approximate surface area is 104 Å². The second-order valence-electron chi connectivity index (χ2n) is 3.95. The van der Waals surface area contributed by atoms with E-state index >= 15 is 0 Å². The molecular weight excluding hydrogens is 256 g/mol. The van der Waals surface area contributed by atoms with Crippen LogP contribution in [0.5, 0.6) is 0 Å². The smallest absolute Gasteiger partial charge is 0.335 e. The molecule has 0 fully saturated rings. The molecule has 0 aliphatic heterocycles. The van der Waals surface area contributed by atoms with Gasteiger partial charge in [0.1, 0.15) is 17.1 Å². The van der Waals surface area contributed by atoms with Crippen molar-refractivity contribution in [3.05, 3.63) is 35.6 Å². The van der Waals surface area contributed by atoms with E-state index in [0.29, 0.717) is 16.7 Å². The minimum absolute atomic E-state index is 0.0461. The van der Waals surface area contributed by atoms with E-state index in [1.165, 1.54) is 12.1 Å². The molecule has 0 amide bonds. The van der Waals surface area contributed by atoms with Crippen LogP contribution >= 0.6 is 0 Å². The van der Waals surface area contributed by atoms with Gasteiger partial charge in [-0.3, -0.25) is 0 Å². The third-order valence-electron chi connectivity index (χ3n) is 2.62. The van der Waals surface area contributed by atoms with Crippen molar-refractivity contribution in [3.8, 4) is 0 Å². The van der Waals surface area contributed by atoms with Gasteiger partial charge >= 0.3 is 5.97 Å². The van der Waals surface area contributed by atoms with E-state index in [-0.39, 0.29) is 17.1 Å². The summed E-state index contributed by atoms with van der Waals surface area (Å²) in [5.74, 6) is -0.837. The lowest BCUT2D eigenvalue weighted by molar-refractivity contribution is 0.0697. The number of furan rings is 1. The van der Waals surface area contributed by atoms with Crippen LogP contribution < -0.4 is 0 Å². The van der Waals surface area contributed by atoms with Crippen LogP contribution in [0.3, 0.4) is 0 Å². The van der Waals surface area contributed by atoms with Gasteiger partial charge < -0.3 is 9.52 Å². The Hall–Kier alpha value is -1.82. The summed E-state index contributed by atoms with van der Waals surface area (Å²) in [5.41, 5.74) is 0.498. The Morgan fingerprint density at radius 1 is 1.33 bits per heavy atom. The van der Waals surface area contributed by atoms with Gasteiger partial charge in [-0.05, 0) is 18.2 Å². The van der Waals surface area contributed by atoms with Crippen molar-refractivity contribution in [2.75, 3.05) is 5.75 Å². The van der Waals surface area contributed by atoms with Crippen LogP contribution in [0.25, 0.3) is 11.0 Å². The Morgan fingerprint density at radius 3 is 2.67 bits per heavy atom. The van der Waals surface area contributed by atoms with Crippen LogP contribution in [-0.2, 0) is 15.6 Å². The second kappa shape index (κ2) is 4.45. The summed E-state index contributed by atoms with van der Waals surface area (Å²) in [6.45, 7) is 1.57. The number of hydrogen-bond acceptors (Lipinski definition) is 4. The van der Waals surface area contributed by atoms with Gasteiger partial charge in [-0.15, -0.1) is 0 Å². The minimum Gasteiger partial charge on any atom is -0.478 e. The number of aromatic carboxylic acids is 1. The molecule has 1 heterocycles. The Bertz CT molecular complexity index is 696. The quantitative estimate of drug-likeness (QED) is 0.917. The fourth-order valence-electron chi connectivity index (χ4n) is 1.61. The van der Waals surface area contributed by atoms with Crippen molar-refractivity contribution in [2.24, 2.45) is 0 Å². The predicted octanol–water partition coefficient (Wildman–Crippen LogP) is 2.07. The first-order valence-electron chi connectivity index (χ1n) is 5.37. The zero-order valence-corrected chi connectivity index (χ0v) is 10.5. The van der Waals surface area contributed by atoms with E-state index in [2.05, 4.69) is 0 Å². The van der Waals surface area contributed by atoms with Crippen LogP contribution in [0.4, 0.5) is 0 Å². The number of hydrogen-bond donors (Lipinski definition) is 1. The van der Waals surface area contributed by atoms with E-state index in [9.17, 15) is 13.2 Å². The first kappa shape index (κ1) is 12.6. The van der Waals surface area contributed by atoms with Crippen molar-refractivity contribution in [1.82, 2.24) is 0 Å². The van der Waals surface area contributed by atoms with Crippen molar-refractivity contribution in [3.63, 3.8) is 0 Å². The highest BCUT2D eigenvalue weighted by Crippen LogP contribution is 2.22. The number of carbonyl (C=O) groups is 1. The first-order valence-corrected chi connectivity index (χ1v) is 7.19. The fraction of sp³-hybridized carbons (Fsp3) is 0.250. The molecule has 96 valence electrons. The maximum absolute atomic E-state index is 11.5.